The van der Waals surface area contributed by atoms with Gasteiger partial charge in [0.15, 0.2) is 0 Å². The molecule has 16 heavy (non-hydrogen) atoms. The molecular weight excluding hydrogens is 206 g/mol. The zero-order valence-corrected chi connectivity index (χ0v) is 9.47. The van der Waals surface area contributed by atoms with Gasteiger partial charge in [0, 0.05) is 31.9 Å². The van der Waals surface area contributed by atoms with Gasteiger partial charge in [0.1, 0.15) is 5.82 Å². The van der Waals surface area contributed by atoms with Crippen molar-refractivity contribution >= 4 is 17.7 Å². The van der Waals surface area contributed by atoms with Crippen molar-refractivity contribution in [1.29, 1.82) is 0 Å². The summed E-state index contributed by atoms with van der Waals surface area (Å²) in [5.74, 6) is 1.08. The summed E-state index contributed by atoms with van der Waals surface area (Å²) in [6, 6.07) is 1.84. The molecule has 2 heterocycles. The topological polar surface area (TPSA) is 75.3 Å². The summed E-state index contributed by atoms with van der Waals surface area (Å²) in [4.78, 5) is 23.3. The Morgan fingerprint density at radius 3 is 2.75 bits per heavy atom. The van der Waals surface area contributed by atoms with Crippen LogP contribution in [0.1, 0.15) is 5.69 Å². The summed E-state index contributed by atoms with van der Waals surface area (Å²) in [6.45, 7) is 3.70. The van der Waals surface area contributed by atoms with E-state index in [1.54, 1.807) is 11.9 Å². The molecule has 6 nitrogen and oxygen atoms in total. The number of nitrogens with two attached hydrogens (primary N) is 1. The zero-order valence-electron chi connectivity index (χ0n) is 9.47. The number of nitrogens with zero attached hydrogens (tertiary/aromatic N) is 4. The van der Waals surface area contributed by atoms with E-state index in [9.17, 15) is 4.79 Å². The molecule has 1 fully saturated rings. The maximum absolute atomic E-state index is 11.6. The fourth-order valence-electron chi connectivity index (χ4n) is 1.69. The number of hydrogen-bond donors (Lipinski definition) is 1. The van der Waals surface area contributed by atoms with Crippen LogP contribution in [0.15, 0.2) is 6.07 Å². The van der Waals surface area contributed by atoms with E-state index in [1.165, 1.54) is 0 Å². The Balaban J connectivity index is 2.21. The summed E-state index contributed by atoms with van der Waals surface area (Å²) >= 11 is 0. The predicted molar refractivity (Wildman–Crippen MR) is 61.0 cm³/mol. The number of piperazine rings is 1. The SMILES string of the molecule is Cc1cc(N2CCN(C)C(=O)C2)nc(N)n1. The molecule has 1 aromatic rings. The fraction of sp³-hybridized carbons (Fsp3) is 0.500. The number of carbonyl (C=O) groups excluding carboxylic acids is 1. The lowest BCUT2D eigenvalue weighted by Crippen LogP contribution is -2.48. The molecule has 0 spiro atoms. The number of nitrogen functional groups attached to an aromatic ring is 1. The smallest absolute Gasteiger partial charge is 0.241 e. The molecule has 1 saturated heterocycles. The highest BCUT2D eigenvalue weighted by molar-refractivity contribution is 5.82. The maximum atomic E-state index is 11.6. The molecule has 0 atom stereocenters. The standard InChI is InChI=1S/C10H15N5O/c1-7-5-8(13-10(11)12-7)15-4-3-14(2)9(16)6-15/h5H,3-4,6H2,1-2H3,(H2,11,12,13). The number of amides is 1. The van der Waals surface area contributed by atoms with Gasteiger partial charge in [-0.25, -0.2) is 4.98 Å². The van der Waals surface area contributed by atoms with Crippen LogP contribution in [0, 0.1) is 6.92 Å². The van der Waals surface area contributed by atoms with Crippen molar-refractivity contribution in [3.05, 3.63) is 11.8 Å². The van der Waals surface area contributed by atoms with Crippen molar-refractivity contribution in [1.82, 2.24) is 14.9 Å². The van der Waals surface area contributed by atoms with Crippen molar-refractivity contribution in [3.8, 4) is 0 Å². The third kappa shape index (κ3) is 2.05. The van der Waals surface area contributed by atoms with Crippen molar-refractivity contribution in [2.75, 3.05) is 37.3 Å². The predicted octanol–water partition coefficient (Wildman–Crippen LogP) is -0.354. The summed E-state index contributed by atoms with van der Waals surface area (Å²) in [5.41, 5.74) is 6.40. The summed E-state index contributed by atoms with van der Waals surface area (Å²) < 4.78 is 0. The number of aromatic nitrogens is 2. The van der Waals surface area contributed by atoms with Crippen LogP contribution in [0.3, 0.4) is 0 Å². The van der Waals surface area contributed by atoms with Crippen LogP contribution in [0.2, 0.25) is 0 Å². The number of hydrogen-bond acceptors (Lipinski definition) is 5. The Labute approximate surface area is 94.1 Å². The minimum Gasteiger partial charge on any atom is -0.368 e. The van der Waals surface area contributed by atoms with E-state index in [1.807, 2.05) is 17.9 Å². The van der Waals surface area contributed by atoms with Crippen LogP contribution in [0.25, 0.3) is 0 Å². The van der Waals surface area contributed by atoms with Gasteiger partial charge in [-0.1, -0.05) is 0 Å². The molecule has 0 bridgehead atoms. The molecule has 2 N–H and O–H groups in total. The van der Waals surface area contributed by atoms with E-state index in [4.69, 9.17) is 5.73 Å². The first-order chi connectivity index (χ1) is 7.56. The Hall–Kier alpha value is -1.85. The van der Waals surface area contributed by atoms with Crippen LogP contribution in [0.5, 0.6) is 0 Å². The monoisotopic (exact) mass is 221 g/mol. The van der Waals surface area contributed by atoms with E-state index >= 15 is 0 Å². The minimum atomic E-state index is 0.0982. The van der Waals surface area contributed by atoms with Crippen LogP contribution in [-0.4, -0.2) is 47.5 Å². The van der Waals surface area contributed by atoms with E-state index in [0.29, 0.717) is 13.1 Å². The number of carbonyl (C=O) groups is 1. The minimum absolute atomic E-state index is 0.0982. The molecule has 1 aliphatic heterocycles. The lowest BCUT2D eigenvalue weighted by molar-refractivity contribution is -0.129. The summed E-state index contributed by atoms with van der Waals surface area (Å²) in [7, 11) is 1.80. The molecular formula is C10H15N5O. The first-order valence-corrected chi connectivity index (χ1v) is 5.16. The molecule has 0 aliphatic carbocycles. The quantitative estimate of drug-likeness (QED) is 0.701. The Bertz CT molecular complexity index is 399. The summed E-state index contributed by atoms with van der Waals surface area (Å²) in [5, 5.41) is 0. The van der Waals surface area contributed by atoms with E-state index in [-0.39, 0.29) is 11.9 Å². The fourth-order valence-corrected chi connectivity index (χ4v) is 1.69. The molecule has 1 aromatic heterocycles. The van der Waals surface area contributed by atoms with Gasteiger partial charge in [0.05, 0.1) is 6.54 Å². The third-order valence-electron chi connectivity index (χ3n) is 2.64. The first-order valence-electron chi connectivity index (χ1n) is 5.16. The average Bonchev–Trinajstić information content (AvgIpc) is 2.20. The number of rotatable bonds is 1. The second-order valence-corrected chi connectivity index (χ2v) is 3.96. The van der Waals surface area contributed by atoms with Crippen molar-refractivity contribution in [3.63, 3.8) is 0 Å². The number of anilines is 2. The van der Waals surface area contributed by atoms with Gasteiger partial charge in [-0.3, -0.25) is 4.79 Å². The first kappa shape index (κ1) is 10.7. The van der Waals surface area contributed by atoms with Crippen molar-refractivity contribution in [2.45, 2.75) is 6.92 Å². The van der Waals surface area contributed by atoms with E-state index in [0.717, 1.165) is 18.1 Å². The molecule has 6 heteroatoms. The van der Waals surface area contributed by atoms with E-state index < -0.39 is 0 Å². The molecule has 0 saturated carbocycles. The molecule has 0 aromatic carbocycles. The Kier molecular flexibility index (Phi) is 2.64. The third-order valence-corrected chi connectivity index (χ3v) is 2.64. The lowest BCUT2D eigenvalue weighted by atomic mass is 10.3. The molecule has 1 aliphatic rings. The van der Waals surface area contributed by atoms with Gasteiger partial charge in [-0.05, 0) is 6.92 Å². The average molecular weight is 221 g/mol. The highest BCUT2D eigenvalue weighted by atomic mass is 16.2. The Morgan fingerprint density at radius 2 is 2.12 bits per heavy atom. The molecule has 1 amide bonds. The highest BCUT2D eigenvalue weighted by Gasteiger charge is 2.22. The highest BCUT2D eigenvalue weighted by Crippen LogP contribution is 2.15. The van der Waals surface area contributed by atoms with Crippen LogP contribution < -0.4 is 10.6 Å². The number of likely N-dealkylation sites (N-methyl/N-ethyl adjacent to an activating group) is 1. The van der Waals surface area contributed by atoms with Gasteiger partial charge in [-0.2, -0.15) is 4.98 Å². The molecule has 0 radical (unpaired) electrons. The molecule has 86 valence electrons. The largest absolute Gasteiger partial charge is 0.368 e. The van der Waals surface area contributed by atoms with Gasteiger partial charge < -0.3 is 15.5 Å². The number of aryl methyl sites for hydroxylation is 1. The van der Waals surface area contributed by atoms with Crippen LogP contribution in [0.4, 0.5) is 11.8 Å². The molecule has 0 unspecified atom stereocenters. The van der Waals surface area contributed by atoms with Gasteiger partial charge >= 0.3 is 0 Å². The lowest BCUT2D eigenvalue weighted by Gasteiger charge is -2.32. The molecule has 2 rings (SSSR count). The van der Waals surface area contributed by atoms with Gasteiger partial charge in [0.2, 0.25) is 11.9 Å². The van der Waals surface area contributed by atoms with Gasteiger partial charge in [-0.15, -0.1) is 0 Å². The maximum Gasteiger partial charge on any atom is 0.241 e. The van der Waals surface area contributed by atoms with Crippen molar-refractivity contribution < 1.29 is 4.79 Å². The zero-order chi connectivity index (χ0) is 11.7. The van der Waals surface area contributed by atoms with Crippen LogP contribution >= 0.6 is 0 Å². The van der Waals surface area contributed by atoms with Crippen LogP contribution in [-0.2, 0) is 4.79 Å². The summed E-state index contributed by atoms with van der Waals surface area (Å²) in [6.07, 6.45) is 0. The van der Waals surface area contributed by atoms with Crippen molar-refractivity contribution in [2.24, 2.45) is 0 Å². The second kappa shape index (κ2) is 3.96. The second-order valence-electron chi connectivity index (χ2n) is 3.96. The normalized spacial score (nSPS) is 16.8. The van der Waals surface area contributed by atoms with Gasteiger partial charge in [0.25, 0.3) is 0 Å². The van der Waals surface area contributed by atoms with E-state index in [2.05, 4.69) is 9.97 Å². The Morgan fingerprint density at radius 1 is 1.38 bits per heavy atom.